The number of unbranched alkanes of at least 4 members (excludes halogenated alkanes) is 3. The monoisotopic (exact) mass is 141 g/mol. The van der Waals surface area contributed by atoms with Gasteiger partial charge in [0.25, 0.3) is 0 Å². The summed E-state index contributed by atoms with van der Waals surface area (Å²) in [6.07, 6.45) is 8.38. The molecule has 0 amide bonds. The summed E-state index contributed by atoms with van der Waals surface area (Å²) in [5.74, 6) is 0. The zero-order chi connectivity index (χ0) is 7.66. The average Bonchev–Trinajstić information content (AvgIpc) is 1.97. The minimum absolute atomic E-state index is 1.04. The van der Waals surface area contributed by atoms with Crippen LogP contribution in [-0.4, -0.2) is 12.8 Å². The molecule has 0 bridgehead atoms. The van der Waals surface area contributed by atoms with E-state index in [-0.39, 0.29) is 0 Å². The van der Waals surface area contributed by atoms with Crippen LogP contribution in [0.15, 0.2) is 4.99 Å². The molecule has 60 valence electrons. The summed E-state index contributed by atoms with van der Waals surface area (Å²) >= 11 is 0. The third-order valence-corrected chi connectivity index (χ3v) is 1.45. The van der Waals surface area contributed by atoms with Crippen LogP contribution in [0.3, 0.4) is 0 Å². The van der Waals surface area contributed by atoms with Gasteiger partial charge in [-0.3, -0.25) is 4.99 Å². The summed E-state index contributed by atoms with van der Waals surface area (Å²) in [6.45, 7) is 5.39. The lowest BCUT2D eigenvalue weighted by atomic mass is 10.2. The lowest BCUT2D eigenvalue weighted by Crippen LogP contribution is -1.81. The number of hydrogen-bond donors (Lipinski definition) is 0. The van der Waals surface area contributed by atoms with E-state index in [2.05, 4.69) is 18.8 Å². The molecule has 0 aliphatic carbocycles. The van der Waals surface area contributed by atoms with E-state index in [1.54, 1.807) is 0 Å². The predicted octanol–water partition coefficient (Wildman–Crippen LogP) is 3.05. The van der Waals surface area contributed by atoms with E-state index in [9.17, 15) is 0 Å². The highest BCUT2D eigenvalue weighted by Crippen LogP contribution is 1.97. The summed E-state index contributed by atoms with van der Waals surface area (Å²) in [7, 11) is 0. The van der Waals surface area contributed by atoms with E-state index in [1.807, 2.05) is 6.21 Å². The van der Waals surface area contributed by atoms with Gasteiger partial charge in [-0.05, 0) is 19.1 Å². The zero-order valence-corrected chi connectivity index (χ0v) is 7.27. The molecule has 0 aliphatic heterocycles. The van der Waals surface area contributed by atoms with Crippen LogP contribution in [0, 0.1) is 0 Å². The first-order valence-corrected chi connectivity index (χ1v) is 4.40. The van der Waals surface area contributed by atoms with Crippen molar-refractivity contribution >= 4 is 6.21 Å². The Kier molecular flexibility index (Phi) is 8.38. The molecular weight excluding hydrogens is 122 g/mol. The average molecular weight is 141 g/mol. The first kappa shape index (κ1) is 9.67. The fourth-order valence-corrected chi connectivity index (χ4v) is 0.850. The Morgan fingerprint density at radius 1 is 1.10 bits per heavy atom. The third-order valence-electron chi connectivity index (χ3n) is 1.45. The Morgan fingerprint density at radius 3 is 2.50 bits per heavy atom. The first-order chi connectivity index (χ1) is 4.91. The summed E-state index contributed by atoms with van der Waals surface area (Å²) in [5.41, 5.74) is 0. The molecule has 0 fully saturated rings. The molecule has 0 heterocycles. The van der Waals surface area contributed by atoms with Gasteiger partial charge in [0.15, 0.2) is 0 Å². The second kappa shape index (κ2) is 8.67. The number of rotatable bonds is 6. The van der Waals surface area contributed by atoms with Gasteiger partial charge in [-0.2, -0.15) is 0 Å². The van der Waals surface area contributed by atoms with Crippen molar-refractivity contribution in [1.82, 2.24) is 0 Å². The normalized spacial score (nSPS) is 11.0. The van der Waals surface area contributed by atoms with E-state index in [4.69, 9.17) is 0 Å². The Bertz CT molecular complexity index is 76.8. The smallest absolute Gasteiger partial charge is 0.0385 e. The molecule has 0 atom stereocenters. The van der Waals surface area contributed by atoms with Crippen LogP contribution in [0.1, 0.15) is 46.0 Å². The van der Waals surface area contributed by atoms with Crippen LogP contribution in [0.5, 0.6) is 0 Å². The molecule has 0 aromatic heterocycles. The van der Waals surface area contributed by atoms with Crippen molar-refractivity contribution in [1.29, 1.82) is 0 Å². The van der Waals surface area contributed by atoms with Crippen molar-refractivity contribution in [2.45, 2.75) is 46.0 Å². The Morgan fingerprint density at radius 2 is 1.90 bits per heavy atom. The van der Waals surface area contributed by atoms with Gasteiger partial charge in [-0.25, -0.2) is 0 Å². The zero-order valence-electron chi connectivity index (χ0n) is 7.27. The number of hydrogen-bond acceptors (Lipinski definition) is 1. The van der Waals surface area contributed by atoms with Crippen molar-refractivity contribution in [2.24, 2.45) is 4.99 Å². The maximum Gasteiger partial charge on any atom is 0.0385 e. The lowest BCUT2D eigenvalue weighted by Gasteiger charge is -1.93. The molecule has 10 heavy (non-hydrogen) atoms. The Labute approximate surface area is 64.6 Å². The highest BCUT2D eigenvalue weighted by molar-refractivity contribution is 5.56. The minimum atomic E-state index is 1.04. The van der Waals surface area contributed by atoms with Gasteiger partial charge in [0.2, 0.25) is 0 Å². The van der Waals surface area contributed by atoms with Crippen LogP contribution < -0.4 is 0 Å². The van der Waals surface area contributed by atoms with Gasteiger partial charge in [0.05, 0.1) is 0 Å². The standard InChI is InChI=1S/C9H19N/c1-3-5-6-7-9-10-8-4-2/h8H,3-7,9H2,1-2H3. The van der Waals surface area contributed by atoms with E-state index in [0.29, 0.717) is 0 Å². The van der Waals surface area contributed by atoms with Crippen LogP contribution in [0.2, 0.25) is 0 Å². The van der Waals surface area contributed by atoms with Crippen LogP contribution in [-0.2, 0) is 0 Å². The molecule has 1 nitrogen and oxygen atoms in total. The Balaban J connectivity index is 2.83. The van der Waals surface area contributed by atoms with Crippen molar-refractivity contribution in [3.8, 4) is 0 Å². The molecule has 0 rings (SSSR count). The fraction of sp³-hybridized carbons (Fsp3) is 0.889. The molecule has 0 aromatic carbocycles. The first-order valence-electron chi connectivity index (χ1n) is 4.40. The van der Waals surface area contributed by atoms with E-state index < -0.39 is 0 Å². The highest BCUT2D eigenvalue weighted by atomic mass is 14.7. The minimum Gasteiger partial charge on any atom is -0.298 e. The predicted molar refractivity (Wildman–Crippen MR) is 47.8 cm³/mol. The van der Waals surface area contributed by atoms with Crippen LogP contribution in [0.4, 0.5) is 0 Å². The molecule has 1 heteroatoms. The van der Waals surface area contributed by atoms with Gasteiger partial charge in [-0.1, -0.05) is 33.1 Å². The van der Waals surface area contributed by atoms with E-state index in [1.165, 1.54) is 25.7 Å². The SMILES string of the molecule is CCC=NCCCCCC. The van der Waals surface area contributed by atoms with E-state index >= 15 is 0 Å². The topological polar surface area (TPSA) is 12.4 Å². The summed E-state index contributed by atoms with van der Waals surface area (Å²) in [4.78, 5) is 4.24. The highest BCUT2D eigenvalue weighted by Gasteiger charge is 1.83. The van der Waals surface area contributed by atoms with Gasteiger partial charge >= 0.3 is 0 Å². The summed E-state index contributed by atoms with van der Waals surface area (Å²) in [5, 5.41) is 0. The van der Waals surface area contributed by atoms with E-state index in [0.717, 1.165) is 13.0 Å². The molecule has 0 aliphatic rings. The van der Waals surface area contributed by atoms with Crippen molar-refractivity contribution in [3.05, 3.63) is 0 Å². The van der Waals surface area contributed by atoms with Gasteiger partial charge in [0, 0.05) is 6.54 Å². The molecule has 0 saturated heterocycles. The van der Waals surface area contributed by atoms with Crippen molar-refractivity contribution in [2.75, 3.05) is 6.54 Å². The molecule has 0 spiro atoms. The maximum absolute atomic E-state index is 4.24. The molecular formula is C9H19N. The lowest BCUT2D eigenvalue weighted by molar-refractivity contribution is 0.675. The Hall–Kier alpha value is -0.330. The summed E-state index contributed by atoms with van der Waals surface area (Å²) in [6, 6.07) is 0. The van der Waals surface area contributed by atoms with Crippen LogP contribution >= 0.6 is 0 Å². The number of nitrogens with zero attached hydrogens (tertiary/aromatic N) is 1. The number of aliphatic imine (C=N–C) groups is 1. The van der Waals surface area contributed by atoms with Crippen LogP contribution in [0.25, 0.3) is 0 Å². The molecule has 0 aromatic rings. The molecule has 0 saturated carbocycles. The maximum atomic E-state index is 4.24. The fourth-order valence-electron chi connectivity index (χ4n) is 0.850. The van der Waals surface area contributed by atoms with Crippen molar-refractivity contribution in [3.63, 3.8) is 0 Å². The van der Waals surface area contributed by atoms with Gasteiger partial charge in [-0.15, -0.1) is 0 Å². The van der Waals surface area contributed by atoms with Gasteiger partial charge < -0.3 is 0 Å². The van der Waals surface area contributed by atoms with Gasteiger partial charge in [0.1, 0.15) is 0 Å². The second-order valence-corrected chi connectivity index (χ2v) is 2.56. The quantitative estimate of drug-likeness (QED) is 0.398. The molecule has 0 radical (unpaired) electrons. The molecule has 0 unspecified atom stereocenters. The van der Waals surface area contributed by atoms with Crippen molar-refractivity contribution < 1.29 is 0 Å². The second-order valence-electron chi connectivity index (χ2n) is 2.56. The molecule has 0 N–H and O–H groups in total. The summed E-state index contributed by atoms with van der Waals surface area (Å²) < 4.78 is 0. The third kappa shape index (κ3) is 7.67. The largest absolute Gasteiger partial charge is 0.298 e.